The number of benzene rings is 2. The van der Waals surface area contributed by atoms with Crippen LogP contribution >= 0.6 is 0 Å². The average molecular weight is 513 g/mol. The number of rotatable bonds is 7. The van der Waals surface area contributed by atoms with Crippen molar-refractivity contribution in [2.45, 2.75) is 46.8 Å². The van der Waals surface area contributed by atoms with E-state index in [0.717, 1.165) is 22.9 Å². The summed E-state index contributed by atoms with van der Waals surface area (Å²) in [4.78, 5) is 51.9. The van der Waals surface area contributed by atoms with Gasteiger partial charge in [-0.1, -0.05) is 13.8 Å². The average Bonchev–Trinajstić information content (AvgIpc) is 3.13. The van der Waals surface area contributed by atoms with Crippen LogP contribution in [0.1, 0.15) is 38.1 Å². The van der Waals surface area contributed by atoms with Gasteiger partial charge in [-0.2, -0.15) is 0 Å². The van der Waals surface area contributed by atoms with Crippen molar-refractivity contribution in [3.8, 4) is 0 Å². The number of amides is 2. The van der Waals surface area contributed by atoms with Gasteiger partial charge in [0, 0.05) is 24.2 Å². The Morgan fingerprint density at radius 1 is 1.03 bits per heavy atom. The predicted molar refractivity (Wildman–Crippen MR) is 134 cm³/mol. The third kappa shape index (κ3) is 5.13. The summed E-state index contributed by atoms with van der Waals surface area (Å²) in [6.45, 7) is 7.01. The molecule has 12 heteroatoms. The third-order valence-corrected chi connectivity index (χ3v) is 5.50. The smallest absolute Gasteiger partial charge is 0.350 e. The van der Waals surface area contributed by atoms with E-state index in [2.05, 4.69) is 15.7 Å². The number of nitrogens with one attached hydrogen (secondary N) is 2. The number of halogens is 2. The molecule has 2 aromatic heterocycles. The van der Waals surface area contributed by atoms with E-state index in [-0.39, 0.29) is 52.3 Å². The van der Waals surface area contributed by atoms with Crippen molar-refractivity contribution in [3.63, 3.8) is 0 Å². The first-order valence-corrected chi connectivity index (χ1v) is 11.7. The highest BCUT2D eigenvalue weighted by molar-refractivity contribution is 5.98. The molecule has 2 heterocycles. The SMILES string of the molecule is CC(C)Cn1c(=O)c2ccc(C(=O)NC(C)C)cc2n2c(=O)n(CC(=O)Nc3cc(F)ccc3F)nc12. The van der Waals surface area contributed by atoms with Gasteiger partial charge in [0.1, 0.15) is 18.2 Å². The number of hydrogen-bond acceptors (Lipinski definition) is 5. The van der Waals surface area contributed by atoms with E-state index in [1.165, 1.54) is 27.2 Å². The third-order valence-electron chi connectivity index (χ3n) is 5.50. The number of carbonyl (C=O) groups is 2. The lowest BCUT2D eigenvalue weighted by atomic mass is 10.1. The highest BCUT2D eigenvalue weighted by Gasteiger charge is 2.21. The number of aromatic nitrogens is 4. The van der Waals surface area contributed by atoms with Crippen LogP contribution in [0.5, 0.6) is 0 Å². The lowest BCUT2D eigenvalue weighted by Gasteiger charge is -2.13. The summed E-state index contributed by atoms with van der Waals surface area (Å²) in [6, 6.07) is 6.87. The summed E-state index contributed by atoms with van der Waals surface area (Å²) in [6.07, 6.45) is 0. The van der Waals surface area contributed by atoms with Gasteiger partial charge >= 0.3 is 5.69 Å². The van der Waals surface area contributed by atoms with Gasteiger partial charge in [-0.15, -0.1) is 5.10 Å². The van der Waals surface area contributed by atoms with Gasteiger partial charge in [0.25, 0.3) is 11.5 Å². The molecule has 0 spiro atoms. The van der Waals surface area contributed by atoms with Crippen LogP contribution in [0.3, 0.4) is 0 Å². The molecule has 0 atom stereocenters. The van der Waals surface area contributed by atoms with Crippen molar-refractivity contribution in [1.82, 2.24) is 24.1 Å². The summed E-state index contributed by atoms with van der Waals surface area (Å²) in [7, 11) is 0. The molecule has 194 valence electrons. The van der Waals surface area contributed by atoms with Crippen molar-refractivity contribution in [2.24, 2.45) is 5.92 Å². The summed E-state index contributed by atoms with van der Waals surface area (Å²) in [5.74, 6) is -2.79. The minimum absolute atomic E-state index is 0.0117. The van der Waals surface area contributed by atoms with Gasteiger partial charge in [-0.3, -0.25) is 19.0 Å². The molecule has 0 aliphatic carbocycles. The molecule has 0 saturated heterocycles. The van der Waals surface area contributed by atoms with Crippen molar-refractivity contribution >= 4 is 34.2 Å². The topological polar surface area (TPSA) is 120 Å². The van der Waals surface area contributed by atoms with Crippen LogP contribution < -0.4 is 21.9 Å². The molecule has 2 N–H and O–H groups in total. The molecule has 0 fully saturated rings. The van der Waals surface area contributed by atoms with Crippen LogP contribution in [-0.4, -0.2) is 36.6 Å². The van der Waals surface area contributed by atoms with Gasteiger partial charge in [0.15, 0.2) is 0 Å². The Kier molecular flexibility index (Phi) is 6.92. The molecular formula is C25H26F2N6O4. The van der Waals surface area contributed by atoms with Gasteiger partial charge in [-0.05, 0) is 50.1 Å². The van der Waals surface area contributed by atoms with E-state index in [4.69, 9.17) is 0 Å². The van der Waals surface area contributed by atoms with Gasteiger partial charge < -0.3 is 10.6 Å². The van der Waals surface area contributed by atoms with E-state index in [1.54, 1.807) is 13.8 Å². The van der Waals surface area contributed by atoms with E-state index >= 15 is 0 Å². The molecule has 0 aliphatic heterocycles. The van der Waals surface area contributed by atoms with Gasteiger partial charge in [-0.25, -0.2) is 22.7 Å². The van der Waals surface area contributed by atoms with Gasteiger partial charge in [0.2, 0.25) is 11.7 Å². The normalized spacial score (nSPS) is 11.6. The maximum atomic E-state index is 14.0. The van der Waals surface area contributed by atoms with Crippen LogP contribution in [-0.2, 0) is 17.9 Å². The van der Waals surface area contributed by atoms with Crippen LogP contribution in [0, 0.1) is 17.6 Å². The van der Waals surface area contributed by atoms with Crippen molar-refractivity contribution in [1.29, 1.82) is 0 Å². The minimum Gasteiger partial charge on any atom is -0.350 e. The molecule has 4 aromatic rings. The predicted octanol–water partition coefficient (Wildman–Crippen LogP) is 2.52. The highest BCUT2D eigenvalue weighted by Crippen LogP contribution is 2.17. The molecular weight excluding hydrogens is 486 g/mol. The maximum absolute atomic E-state index is 14.0. The number of hydrogen-bond donors (Lipinski definition) is 2. The summed E-state index contributed by atoms with van der Waals surface area (Å²) < 4.78 is 30.8. The van der Waals surface area contributed by atoms with Crippen LogP contribution in [0.2, 0.25) is 0 Å². The monoisotopic (exact) mass is 512 g/mol. The Balaban J connectivity index is 1.85. The summed E-state index contributed by atoms with van der Waals surface area (Å²) in [5, 5.41) is 9.40. The Morgan fingerprint density at radius 3 is 2.43 bits per heavy atom. The highest BCUT2D eigenvalue weighted by atomic mass is 19.1. The Labute approximate surface area is 209 Å². The fourth-order valence-corrected chi connectivity index (χ4v) is 3.95. The van der Waals surface area contributed by atoms with E-state index in [9.17, 15) is 28.0 Å². The minimum atomic E-state index is -0.846. The number of fused-ring (bicyclic) bond motifs is 3. The molecule has 4 rings (SSSR count). The van der Waals surface area contributed by atoms with E-state index < -0.39 is 35.3 Å². The van der Waals surface area contributed by atoms with Crippen LogP contribution in [0.15, 0.2) is 46.0 Å². The zero-order chi connectivity index (χ0) is 27.0. The second kappa shape index (κ2) is 9.96. The first kappa shape index (κ1) is 25.7. The molecule has 10 nitrogen and oxygen atoms in total. The standard InChI is InChI=1S/C25H26F2N6O4/c1-13(2)11-31-23(36)17-7-5-15(22(35)28-14(3)4)9-20(17)33-24(31)30-32(25(33)37)12-21(34)29-19-10-16(26)6-8-18(19)27/h5-10,13-14H,11-12H2,1-4H3,(H,28,35)(H,29,34). The molecule has 37 heavy (non-hydrogen) atoms. The lowest BCUT2D eigenvalue weighted by Crippen LogP contribution is -2.31. The summed E-state index contributed by atoms with van der Waals surface area (Å²) >= 11 is 0. The molecule has 2 amide bonds. The maximum Gasteiger partial charge on any atom is 0.352 e. The molecule has 0 aliphatic rings. The molecule has 0 unspecified atom stereocenters. The van der Waals surface area contributed by atoms with E-state index in [1.807, 2.05) is 13.8 Å². The van der Waals surface area contributed by atoms with E-state index in [0.29, 0.717) is 0 Å². The molecule has 0 radical (unpaired) electrons. The fraction of sp³-hybridized carbons (Fsp3) is 0.320. The lowest BCUT2D eigenvalue weighted by molar-refractivity contribution is -0.117. The number of nitrogens with zero attached hydrogens (tertiary/aromatic N) is 4. The number of carbonyl (C=O) groups excluding carboxylic acids is 2. The van der Waals surface area contributed by atoms with Crippen LogP contribution in [0.4, 0.5) is 14.5 Å². The second-order valence-corrected chi connectivity index (χ2v) is 9.42. The van der Waals surface area contributed by atoms with Crippen molar-refractivity contribution in [3.05, 3.63) is 74.4 Å². The zero-order valence-electron chi connectivity index (χ0n) is 20.7. The number of anilines is 1. The quantitative estimate of drug-likeness (QED) is 0.394. The fourth-order valence-electron chi connectivity index (χ4n) is 3.95. The Morgan fingerprint density at radius 2 is 1.76 bits per heavy atom. The molecule has 0 saturated carbocycles. The molecule has 0 bridgehead atoms. The Hall–Kier alpha value is -4.35. The van der Waals surface area contributed by atoms with Crippen molar-refractivity contribution in [2.75, 3.05) is 5.32 Å². The summed E-state index contributed by atoms with van der Waals surface area (Å²) in [5.41, 5.74) is -1.14. The van der Waals surface area contributed by atoms with Crippen LogP contribution in [0.25, 0.3) is 16.7 Å². The largest absolute Gasteiger partial charge is 0.352 e. The zero-order valence-corrected chi connectivity index (χ0v) is 20.7. The molecule has 2 aromatic carbocycles. The Bertz CT molecular complexity index is 1650. The second-order valence-electron chi connectivity index (χ2n) is 9.42. The first-order valence-electron chi connectivity index (χ1n) is 11.7. The van der Waals surface area contributed by atoms with Crippen molar-refractivity contribution < 1.29 is 18.4 Å². The first-order chi connectivity index (χ1) is 17.5. The van der Waals surface area contributed by atoms with Gasteiger partial charge in [0.05, 0.1) is 16.6 Å².